The van der Waals surface area contributed by atoms with Crippen molar-refractivity contribution in [1.82, 2.24) is 4.57 Å². The number of rotatable bonds is 7. The lowest BCUT2D eigenvalue weighted by Crippen LogP contribution is -2.11. The van der Waals surface area contributed by atoms with Crippen LogP contribution in [0.25, 0.3) is 71.6 Å². The minimum absolute atomic E-state index is 1.09. The fraction of sp³-hybridized carbons (Fsp3) is 0. The van der Waals surface area contributed by atoms with Crippen molar-refractivity contribution in [3.05, 3.63) is 218 Å². The Labute approximate surface area is 315 Å². The van der Waals surface area contributed by atoms with Gasteiger partial charge in [-0.2, -0.15) is 0 Å². The molecule has 2 nitrogen and oxygen atoms in total. The second-order valence-corrected chi connectivity index (χ2v) is 13.7. The lowest BCUT2D eigenvalue weighted by Gasteiger charge is -2.29. The standard InChI is InChI=1S/C52H36N2/c1-4-17-37(18-5-1)40-31-34-51(48(35-40)45-28-16-22-38-21-10-11-25-43(38)45)53(41-23-8-3-9-24-41)42-32-33-47-46-27-13-15-30-50(46)54(52(47)36-42)49-29-14-12-26-44(49)39-19-6-2-7-20-39/h1-36H. The highest BCUT2D eigenvalue weighted by Crippen LogP contribution is 2.46. The van der Waals surface area contributed by atoms with Gasteiger partial charge in [0.25, 0.3) is 0 Å². The van der Waals surface area contributed by atoms with Crippen LogP contribution in [0.3, 0.4) is 0 Å². The normalized spacial score (nSPS) is 11.3. The van der Waals surface area contributed by atoms with E-state index in [1.165, 1.54) is 60.4 Å². The monoisotopic (exact) mass is 688 g/mol. The van der Waals surface area contributed by atoms with Crippen LogP contribution < -0.4 is 4.90 Å². The number of hydrogen-bond acceptors (Lipinski definition) is 1. The smallest absolute Gasteiger partial charge is 0.0562 e. The fourth-order valence-corrected chi connectivity index (χ4v) is 8.11. The van der Waals surface area contributed by atoms with Crippen LogP contribution in [-0.4, -0.2) is 4.57 Å². The molecule has 1 aromatic heterocycles. The largest absolute Gasteiger partial charge is 0.310 e. The highest BCUT2D eigenvalue weighted by Gasteiger charge is 2.22. The average Bonchev–Trinajstić information content (AvgIpc) is 3.58. The number of benzene rings is 9. The van der Waals surface area contributed by atoms with Crippen molar-refractivity contribution in [3.8, 4) is 39.1 Å². The Hall–Kier alpha value is -7.16. The van der Waals surface area contributed by atoms with E-state index in [2.05, 4.69) is 228 Å². The Morgan fingerprint density at radius 3 is 1.74 bits per heavy atom. The molecule has 10 rings (SSSR count). The van der Waals surface area contributed by atoms with Gasteiger partial charge in [0.2, 0.25) is 0 Å². The van der Waals surface area contributed by atoms with E-state index in [1.807, 2.05) is 0 Å². The molecule has 1 heterocycles. The lowest BCUT2D eigenvalue weighted by molar-refractivity contribution is 1.18. The van der Waals surface area contributed by atoms with Crippen molar-refractivity contribution in [2.24, 2.45) is 0 Å². The van der Waals surface area contributed by atoms with E-state index in [4.69, 9.17) is 0 Å². The Morgan fingerprint density at radius 1 is 0.315 bits per heavy atom. The quantitative estimate of drug-likeness (QED) is 0.162. The van der Waals surface area contributed by atoms with E-state index in [1.54, 1.807) is 0 Å². The summed E-state index contributed by atoms with van der Waals surface area (Å²) in [7, 11) is 0. The van der Waals surface area contributed by atoms with Crippen LogP contribution in [0.15, 0.2) is 218 Å². The highest BCUT2D eigenvalue weighted by atomic mass is 15.1. The molecule has 54 heavy (non-hydrogen) atoms. The minimum atomic E-state index is 1.09. The summed E-state index contributed by atoms with van der Waals surface area (Å²) in [6.45, 7) is 0. The summed E-state index contributed by atoms with van der Waals surface area (Å²) in [6.07, 6.45) is 0. The highest BCUT2D eigenvalue weighted by molar-refractivity contribution is 6.11. The molecule has 0 unspecified atom stereocenters. The molecule has 0 amide bonds. The van der Waals surface area contributed by atoms with Gasteiger partial charge in [0.1, 0.15) is 0 Å². The summed E-state index contributed by atoms with van der Waals surface area (Å²) in [5, 5.41) is 4.91. The van der Waals surface area contributed by atoms with Crippen LogP contribution >= 0.6 is 0 Å². The van der Waals surface area contributed by atoms with Gasteiger partial charge in [0.05, 0.1) is 22.4 Å². The number of para-hydroxylation sites is 3. The van der Waals surface area contributed by atoms with E-state index in [9.17, 15) is 0 Å². The molecule has 0 aliphatic heterocycles. The molecule has 0 bridgehead atoms. The molecule has 9 aromatic carbocycles. The van der Waals surface area contributed by atoms with Crippen LogP contribution in [0.4, 0.5) is 17.1 Å². The second kappa shape index (κ2) is 13.4. The summed E-state index contributed by atoms with van der Waals surface area (Å²) < 4.78 is 2.45. The molecule has 0 saturated heterocycles. The molecule has 0 radical (unpaired) electrons. The van der Waals surface area contributed by atoms with Crippen molar-refractivity contribution >= 4 is 49.6 Å². The molecule has 0 N–H and O–H groups in total. The van der Waals surface area contributed by atoms with Crippen molar-refractivity contribution in [2.75, 3.05) is 4.90 Å². The molecule has 10 aromatic rings. The van der Waals surface area contributed by atoms with Crippen LogP contribution in [0.5, 0.6) is 0 Å². The predicted molar refractivity (Wildman–Crippen MR) is 229 cm³/mol. The number of anilines is 3. The number of aromatic nitrogens is 1. The van der Waals surface area contributed by atoms with Gasteiger partial charge < -0.3 is 9.47 Å². The SMILES string of the molecule is c1ccc(-c2ccc(N(c3ccccc3)c3ccc4c5ccccc5n(-c5ccccc5-c5ccccc5)c4c3)c(-c3cccc4ccccc34)c2)cc1. The first kappa shape index (κ1) is 31.6. The summed E-state index contributed by atoms with van der Waals surface area (Å²) >= 11 is 0. The van der Waals surface area contributed by atoms with Crippen LogP contribution in [0, 0.1) is 0 Å². The molecule has 0 aliphatic carbocycles. The maximum atomic E-state index is 2.45. The van der Waals surface area contributed by atoms with E-state index in [-0.39, 0.29) is 0 Å². The van der Waals surface area contributed by atoms with Gasteiger partial charge in [-0.25, -0.2) is 0 Å². The van der Waals surface area contributed by atoms with Gasteiger partial charge in [-0.15, -0.1) is 0 Å². The predicted octanol–water partition coefficient (Wildman–Crippen LogP) is 14.4. The zero-order chi connectivity index (χ0) is 35.8. The average molecular weight is 689 g/mol. The van der Waals surface area contributed by atoms with Gasteiger partial charge in [-0.05, 0) is 81.6 Å². The van der Waals surface area contributed by atoms with E-state index in [0.29, 0.717) is 0 Å². The zero-order valence-corrected chi connectivity index (χ0v) is 29.7. The van der Waals surface area contributed by atoms with Crippen LogP contribution in [0.2, 0.25) is 0 Å². The first-order valence-corrected chi connectivity index (χ1v) is 18.5. The first-order chi connectivity index (χ1) is 26.8. The third-order valence-electron chi connectivity index (χ3n) is 10.6. The van der Waals surface area contributed by atoms with E-state index < -0.39 is 0 Å². The molecule has 254 valence electrons. The van der Waals surface area contributed by atoms with E-state index >= 15 is 0 Å². The first-order valence-electron chi connectivity index (χ1n) is 18.5. The topological polar surface area (TPSA) is 8.17 Å². The van der Waals surface area contributed by atoms with E-state index in [0.717, 1.165) is 28.3 Å². The number of hydrogen-bond donors (Lipinski definition) is 0. The summed E-state index contributed by atoms with van der Waals surface area (Å²) in [5.74, 6) is 0. The maximum absolute atomic E-state index is 2.45. The Balaban J connectivity index is 1.26. The molecule has 0 fully saturated rings. The van der Waals surface area contributed by atoms with Crippen molar-refractivity contribution in [1.29, 1.82) is 0 Å². The van der Waals surface area contributed by atoms with Gasteiger partial charge in [0, 0.05) is 33.3 Å². The third-order valence-corrected chi connectivity index (χ3v) is 10.6. The molecule has 2 heteroatoms. The Morgan fingerprint density at radius 2 is 0.926 bits per heavy atom. The molecular weight excluding hydrogens is 653 g/mol. The second-order valence-electron chi connectivity index (χ2n) is 13.7. The summed E-state index contributed by atoms with van der Waals surface area (Å²) in [6, 6.07) is 78.9. The Bertz CT molecular complexity index is 2920. The van der Waals surface area contributed by atoms with Gasteiger partial charge >= 0.3 is 0 Å². The molecule has 0 atom stereocenters. The minimum Gasteiger partial charge on any atom is -0.310 e. The van der Waals surface area contributed by atoms with Gasteiger partial charge in [-0.3, -0.25) is 0 Å². The number of fused-ring (bicyclic) bond motifs is 4. The molecule has 0 saturated carbocycles. The van der Waals surface area contributed by atoms with Crippen LogP contribution in [0.1, 0.15) is 0 Å². The third kappa shape index (κ3) is 5.44. The van der Waals surface area contributed by atoms with Crippen molar-refractivity contribution < 1.29 is 0 Å². The van der Waals surface area contributed by atoms with Crippen LogP contribution in [-0.2, 0) is 0 Å². The molecular formula is C52H36N2. The van der Waals surface area contributed by atoms with Crippen molar-refractivity contribution in [2.45, 2.75) is 0 Å². The van der Waals surface area contributed by atoms with Gasteiger partial charge in [-0.1, -0.05) is 170 Å². The van der Waals surface area contributed by atoms with Gasteiger partial charge in [0.15, 0.2) is 0 Å². The summed E-state index contributed by atoms with van der Waals surface area (Å²) in [5.41, 5.74) is 13.9. The summed E-state index contributed by atoms with van der Waals surface area (Å²) in [4.78, 5) is 2.43. The zero-order valence-electron chi connectivity index (χ0n) is 29.7. The number of nitrogens with zero attached hydrogens (tertiary/aromatic N) is 2. The van der Waals surface area contributed by atoms with Crippen molar-refractivity contribution in [3.63, 3.8) is 0 Å². The molecule has 0 aliphatic rings. The Kier molecular flexibility index (Phi) is 7.85. The fourth-order valence-electron chi connectivity index (χ4n) is 8.11. The molecule has 0 spiro atoms. The maximum Gasteiger partial charge on any atom is 0.0562 e. The lowest BCUT2D eigenvalue weighted by atomic mass is 9.93.